The van der Waals surface area contributed by atoms with E-state index in [1.54, 1.807) is 0 Å². The summed E-state index contributed by atoms with van der Waals surface area (Å²) in [6.07, 6.45) is 14.2. The molecule has 3 aliphatic rings. The van der Waals surface area contributed by atoms with E-state index < -0.39 is 0 Å². The zero-order valence-corrected chi connectivity index (χ0v) is 14.5. The summed E-state index contributed by atoms with van der Waals surface area (Å²) >= 11 is 0. The molecule has 3 atom stereocenters. The molecule has 0 bridgehead atoms. The molecule has 0 aromatic heterocycles. The molecule has 0 N–H and O–H groups in total. The van der Waals surface area contributed by atoms with Crippen molar-refractivity contribution in [2.24, 2.45) is 5.92 Å². The van der Waals surface area contributed by atoms with Gasteiger partial charge < -0.3 is 0 Å². The number of hydrogen-bond donors (Lipinski definition) is 0. The van der Waals surface area contributed by atoms with Gasteiger partial charge in [-0.25, -0.2) is 0 Å². The molecule has 2 aliphatic heterocycles. The van der Waals surface area contributed by atoms with Crippen LogP contribution in [0.15, 0.2) is 72.9 Å². The Labute approximate surface area is 150 Å². The summed E-state index contributed by atoms with van der Waals surface area (Å²) in [7, 11) is 0. The van der Waals surface area contributed by atoms with Crippen LogP contribution in [0.4, 0.5) is 5.69 Å². The minimum Gasteiger partial charge on any atom is -0.284 e. The molecule has 0 spiro atoms. The number of rotatable bonds is 1. The van der Waals surface area contributed by atoms with Crippen LogP contribution in [0.2, 0.25) is 0 Å². The molecule has 0 radical (unpaired) electrons. The molecule has 1 fully saturated rings. The van der Waals surface area contributed by atoms with Crippen molar-refractivity contribution >= 4 is 11.8 Å². The predicted octanol–water partition coefficient (Wildman–Crippen LogP) is 5.56. The highest BCUT2D eigenvalue weighted by atomic mass is 15.7. The van der Waals surface area contributed by atoms with Gasteiger partial charge in [0.25, 0.3) is 0 Å². The molecular formula is C23H24N2. The van der Waals surface area contributed by atoms with Crippen molar-refractivity contribution in [1.82, 2.24) is 5.01 Å². The lowest BCUT2D eigenvalue weighted by atomic mass is 9.80. The Bertz CT molecular complexity index is 798. The Balaban J connectivity index is 1.64. The van der Waals surface area contributed by atoms with Crippen LogP contribution in [0.25, 0.3) is 6.08 Å². The maximum atomic E-state index is 2.57. The molecule has 2 aromatic rings. The highest BCUT2D eigenvalue weighted by Crippen LogP contribution is 2.50. The van der Waals surface area contributed by atoms with Gasteiger partial charge in [-0.15, -0.1) is 0 Å². The van der Waals surface area contributed by atoms with Crippen molar-refractivity contribution < 1.29 is 0 Å². The zero-order valence-electron chi connectivity index (χ0n) is 14.5. The quantitative estimate of drug-likeness (QED) is 0.632. The average Bonchev–Trinajstić information content (AvgIpc) is 2.95. The van der Waals surface area contributed by atoms with E-state index in [9.17, 15) is 0 Å². The van der Waals surface area contributed by atoms with Crippen molar-refractivity contribution in [1.29, 1.82) is 0 Å². The molecule has 0 amide bonds. The van der Waals surface area contributed by atoms with Crippen LogP contribution in [-0.4, -0.2) is 11.1 Å². The first kappa shape index (κ1) is 14.8. The molecule has 2 heterocycles. The first-order valence-electron chi connectivity index (χ1n) is 9.48. The summed E-state index contributed by atoms with van der Waals surface area (Å²) in [5, 5.41) is 5.08. The van der Waals surface area contributed by atoms with E-state index in [0.29, 0.717) is 18.0 Å². The van der Waals surface area contributed by atoms with E-state index in [4.69, 9.17) is 0 Å². The molecule has 2 aromatic carbocycles. The third-order valence-electron chi connectivity index (χ3n) is 5.95. The predicted molar refractivity (Wildman–Crippen MR) is 104 cm³/mol. The van der Waals surface area contributed by atoms with Crippen molar-refractivity contribution in [3.8, 4) is 0 Å². The minimum absolute atomic E-state index is 0.456. The SMILES string of the molecule is C1=CN2[C@H](c3ccccc31)[C@H]1CC/C=C\CC[C@@H]1N2c1ccccc1. The molecule has 126 valence electrons. The molecular weight excluding hydrogens is 304 g/mol. The number of anilines is 1. The Morgan fingerprint density at radius 2 is 1.56 bits per heavy atom. The van der Waals surface area contributed by atoms with Gasteiger partial charge in [0.15, 0.2) is 0 Å². The van der Waals surface area contributed by atoms with Crippen LogP contribution in [-0.2, 0) is 0 Å². The summed E-state index contributed by atoms with van der Waals surface area (Å²) in [6, 6.07) is 20.9. The normalized spacial score (nSPS) is 28.6. The molecule has 2 heteroatoms. The van der Waals surface area contributed by atoms with Crippen LogP contribution in [0.1, 0.15) is 42.9 Å². The molecule has 2 nitrogen and oxygen atoms in total. The standard InChI is InChI=1S/C23H24N2/c1-2-7-15-22-21(14-6-1)23-20-13-9-8-10-18(20)16-17-24(23)25(22)19-11-4-3-5-12-19/h1-5,8-13,16-17,21-23H,6-7,14-15H2/b2-1-/t21-,22-,23+/m0/s1. The van der Waals surface area contributed by atoms with Crippen molar-refractivity contribution in [3.05, 3.63) is 84.1 Å². The summed E-state index contributed by atoms with van der Waals surface area (Å²) in [6.45, 7) is 0. The van der Waals surface area contributed by atoms with Crippen LogP contribution >= 0.6 is 0 Å². The van der Waals surface area contributed by atoms with Gasteiger partial charge >= 0.3 is 0 Å². The summed E-state index contributed by atoms with van der Waals surface area (Å²) in [5.74, 6) is 0.663. The van der Waals surface area contributed by atoms with Gasteiger partial charge in [-0.05, 0) is 55.0 Å². The first-order valence-corrected chi connectivity index (χ1v) is 9.48. The number of hydrazine groups is 1. The summed E-state index contributed by atoms with van der Waals surface area (Å²) in [4.78, 5) is 0. The van der Waals surface area contributed by atoms with E-state index in [1.807, 2.05) is 0 Å². The van der Waals surface area contributed by atoms with Gasteiger partial charge in [-0.2, -0.15) is 0 Å². The van der Waals surface area contributed by atoms with Crippen molar-refractivity contribution in [2.45, 2.75) is 37.8 Å². The number of nitrogens with zero attached hydrogens (tertiary/aromatic N) is 2. The second-order valence-electron chi connectivity index (χ2n) is 7.31. The second kappa shape index (κ2) is 6.11. The number of benzene rings is 2. The van der Waals surface area contributed by atoms with Gasteiger partial charge in [0.2, 0.25) is 0 Å². The zero-order chi connectivity index (χ0) is 16.6. The Morgan fingerprint density at radius 1 is 0.800 bits per heavy atom. The molecule has 5 rings (SSSR count). The smallest absolute Gasteiger partial charge is 0.0803 e. The van der Waals surface area contributed by atoms with Crippen molar-refractivity contribution in [3.63, 3.8) is 0 Å². The van der Waals surface area contributed by atoms with E-state index in [-0.39, 0.29) is 0 Å². The molecule has 0 saturated carbocycles. The van der Waals surface area contributed by atoms with Gasteiger partial charge in [0, 0.05) is 12.1 Å². The fourth-order valence-electron chi connectivity index (χ4n) is 4.90. The molecule has 25 heavy (non-hydrogen) atoms. The lowest BCUT2D eigenvalue weighted by Gasteiger charge is -2.37. The summed E-state index contributed by atoms with van der Waals surface area (Å²) in [5.41, 5.74) is 4.19. The van der Waals surface area contributed by atoms with Crippen LogP contribution in [0.3, 0.4) is 0 Å². The van der Waals surface area contributed by atoms with E-state index in [2.05, 4.69) is 89.0 Å². The minimum atomic E-state index is 0.456. The lowest BCUT2D eigenvalue weighted by molar-refractivity contribution is 0.282. The lowest BCUT2D eigenvalue weighted by Crippen LogP contribution is -2.40. The number of hydrogen-bond acceptors (Lipinski definition) is 2. The molecule has 1 aliphatic carbocycles. The van der Waals surface area contributed by atoms with Crippen LogP contribution < -0.4 is 5.01 Å². The van der Waals surface area contributed by atoms with E-state index >= 15 is 0 Å². The second-order valence-corrected chi connectivity index (χ2v) is 7.31. The largest absolute Gasteiger partial charge is 0.284 e. The molecule has 1 saturated heterocycles. The number of para-hydroxylation sites is 1. The third kappa shape index (κ3) is 2.39. The fourth-order valence-corrected chi connectivity index (χ4v) is 4.90. The fraction of sp³-hybridized carbons (Fsp3) is 0.304. The third-order valence-corrected chi connectivity index (χ3v) is 5.95. The Kier molecular flexibility index (Phi) is 3.62. The highest BCUT2D eigenvalue weighted by molar-refractivity contribution is 5.60. The van der Waals surface area contributed by atoms with E-state index in [0.717, 1.165) is 0 Å². The maximum Gasteiger partial charge on any atom is 0.0803 e. The maximum absolute atomic E-state index is 2.57. The van der Waals surface area contributed by atoms with Crippen molar-refractivity contribution in [2.75, 3.05) is 5.01 Å². The Morgan fingerprint density at radius 3 is 2.44 bits per heavy atom. The highest BCUT2D eigenvalue weighted by Gasteiger charge is 2.47. The monoisotopic (exact) mass is 328 g/mol. The number of allylic oxidation sites excluding steroid dienone is 2. The van der Waals surface area contributed by atoms with Gasteiger partial charge in [0.05, 0.1) is 17.8 Å². The Hall–Kier alpha value is -2.48. The van der Waals surface area contributed by atoms with E-state index in [1.165, 1.54) is 42.5 Å². The van der Waals surface area contributed by atoms with Gasteiger partial charge in [0.1, 0.15) is 0 Å². The number of fused-ring (bicyclic) bond motifs is 5. The summed E-state index contributed by atoms with van der Waals surface area (Å²) < 4.78 is 0. The van der Waals surface area contributed by atoms with Crippen LogP contribution in [0, 0.1) is 5.92 Å². The first-order chi connectivity index (χ1) is 12.4. The van der Waals surface area contributed by atoms with Crippen LogP contribution in [0.5, 0.6) is 0 Å². The molecule has 0 unspecified atom stereocenters. The topological polar surface area (TPSA) is 6.48 Å². The van der Waals surface area contributed by atoms with Gasteiger partial charge in [-0.1, -0.05) is 54.6 Å². The van der Waals surface area contributed by atoms with Gasteiger partial charge in [-0.3, -0.25) is 10.0 Å². The average molecular weight is 328 g/mol.